The lowest BCUT2D eigenvalue weighted by Gasteiger charge is -2.11. The summed E-state index contributed by atoms with van der Waals surface area (Å²) < 4.78 is 0.844. The first-order chi connectivity index (χ1) is 12.7. The van der Waals surface area contributed by atoms with E-state index in [9.17, 15) is 5.11 Å². The van der Waals surface area contributed by atoms with Gasteiger partial charge in [0.2, 0.25) is 0 Å². The van der Waals surface area contributed by atoms with Crippen LogP contribution in [0.1, 0.15) is 5.69 Å². The van der Waals surface area contributed by atoms with Crippen LogP contribution < -0.4 is 5.32 Å². The number of rotatable bonds is 4. The molecule has 0 aliphatic heterocycles. The topological polar surface area (TPSA) is 83.8 Å². The average molecular weight is 408 g/mol. The van der Waals surface area contributed by atoms with Crippen LogP contribution in [0.4, 0.5) is 5.82 Å². The van der Waals surface area contributed by atoms with Gasteiger partial charge in [0.25, 0.3) is 0 Å². The minimum Gasteiger partial charge on any atom is -0.507 e. The smallest absolute Gasteiger partial charge is 0.165 e. The molecular weight excluding hydrogens is 394 g/mol. The molecule has 0 atom stereocenters. The number of benzene rings is 2. The normalized spacial score (nSPS) is 10.8. The van der Waals surface area contributed by atoms with Gasteiger partial charge < -0.3 is 10.4 Å². The summed E-state index contributed by atoms with van der Waals surface area (Å²) in [6.45, 7) is 0.485. The van der Waals surface area contributed by atoms with Crippen LogP contribution in [0, 0.1) is 0 Å². The molecule has 2 heterocycles. The summed E-state index contributed by atoms with van der Waals surface area (Å²) >= 11 is 3.43. The van der Waals surface area contributed by atoms with Crippen molar-refractivity contribution in [2.75, 3.05) is 5.32 Å². The fourth-order valence-corrected chi connectivity index (χ4v) is 2.98. The second-order valence-corrected chi connectivity index (χ2v) is 6.54. The molecule has 7 heteroatoms. The van der Waals surface area contributed by atoms with Gasteiger partial charge in [-0.05, 0) is 30.3 Å². The maximum absolute atomic E-state index is 10.2. The molecule has 0 aliphatic rings. The van der Waals surface area contributed by atoms with E-state index in [0.29, 0.717) is 23.8 Å². The molecule has 0 saturated heterocycles. The molecule has 0 spiro atoms. The zero-order valence-electron chi connectivity index (χ0n) is 13.6. The highest BCUT2D eigenvalue weighted by Gasteiger charge is 2.13. The molecule has 2 aromatic heterocycles. The van der Waals surface area contributed by atoms with Gasteiger partial charge in [0.1, 0.15) is 11.6 Å². The number of aromatic nitrogens is 4. The molecule has 0 bridgehead atoms. The highest BCUT2D eigenvalue weighted by molar-refractivity contribution is 9.10. The lowest BCUT2D eigenvalue weighted by atomic mass is 10.1. The molecule has 0 aliphatic carbocycles. The van der Waals surface area contributed by atoms with Crippen molar-refractivity contribution in [2.24, 2.45) is 0 Å². The summed E-state index contributed by atoms with van der Waals surface area (Å²) in [5.41, 5.74) is 2.16. The number of hydrogen-bond acceptors (Lipinski definition) is 6. The van der Waals surface area contributed by atoms with Crippen molar-refractivity contribution in [1.29, 1.82) is 0 Å². The van der Waals surface area contributed by atoms with E-state index < -0.39 is 0 Å². The molecule has 0 radical (unpaired) electrons. The fraction of sp³-hybridized carbons (Fsp3) is 0.0526. The maximum Gasteiger partial charge on any atom is 0.165 e. The van der Waals surface area contributed by atoms with Gasteiger partial charge in [-0.2, -0.15) is 0 Å². The highest BCUT2D eigenvalue weighted by atomic mass is 79.9. The van der Waals surface area contributed by atoms with E-state index >= 15 is 0 Å². The second-order valence-electron chi connectivity index (χ2n) is 5.62. The molecule has 6 nitrogen and oxygen atoms in total. The third-order valence-corrected chi connectivity index (χ3v) is 4.35. The van der Waals surface area contributed by atoms with Crippen molar-refractivity contribution in [1.82, 2.24) is 19.9 Å². The predicted octanol–water partition coefficient (Wildman–Crippen LogP) is 4.17. The quantitative estimate of drug-likeness (QED) is 0.528. The molecule has 0 fully saturated rings. The zero-order chi connectivity index (χ0) is 17.9. The molecule has 4 rings (SSSR count). The number of aromatic hydroxyl groups is 1. The molecule has 0 amide bonds. The van der Waals surface area contributed by atoms with Crippen LogP contribution in [0.25, 0.3) is 22.3 Å². The molecule has 2 aromatic carbocycles. The van der Waals surface area contributed by atoms with E-state index in [-0.39, 0.29) is 5.75 Å². The summed E-state index contributed by atoms with van der Waals surface area (Å²) in [5, 5.41) is 14.4. The third-order valence-electron chi connectivity index (χ3n) is 3.86. The Balaban J connectivity index is 1.79. The van der Waals surface area contributed by atoms with Gasteiger partial charge in [-0.15, -0.1) is 0 Å². The summed E-state index contributed by atoms with van der Waals surface area (Å²) in [5.74, 6) is 1.25. The Morgan fingerprint density at radius 3 is 2.77 bits per heavy atom. The summed E-state index contributed by atoms with van der Waals surface area (Å²) in [7, 11) is 0. The van der Waals surface area contributed by atoms with E-state index in [0.717, 1.165) is 21.1 Å². The second kappa shape index (κ2) is 7.05. The minimum absolute atomic E-state index is 0.128. The number of phenols is 1. The average Bonchev–Trinajstić information content (AvgIpc) is 2.68. The van der Waals surface area contributed by atoms with Crippen molar-refractivity contribution in [3.05, 3.63) is 71.2 Å². The predicted molar refractivity (Wildman–Crippen MR) is 104 cm³/mol. The first-order valence-electron chi connectivity index (χ1n) is 7.95. The summed E-state index contributed by atoms with van der Waals surface area (Å²) in [6, 6.07) is 12.9. The molecule has 26 heavy (non-hydrogen) atoms. The SMILES string of the molecule is Oc1ccc(Br)cc1-c1nc(NCc2cnccn2)c2ccccc2n1. The molecule has 0 unspecified atom stereocenters. The lowest BCUT2D eigenvalue weighted by Crippen LogP contribution is -2.05. The fourth-order valence-electron chi connectivity index (χ4n) is 2.61. The van der Waals surface area contributed by atoms with E-state index in [4.69, 9.17) is 0 Å². The summed E-state index contributed by atoms with van der Waals surface area (Å²) in [6.07, 6.45) is 5.00. The Labute approximate surface area is 158 Å². The maximum atomic E-state index is 10.2. The Kier molecular flexibility index (Phi) is 4.45. The molecule has 2 N–H and O–H groups in total. The number of nitrogens with one attached hydrogen (secondary N) is 1. The van der Waals surface area contributed by atoms with Crippen LogP contribution in [0.2, 0.25) is 0 Å². The van der Waals surface area contributed by atoms with Crippen LogP contribution in [0.3, 0.4) is 0 Å². The van der Waals surface area contributed by atoms with Gasteiger partial charge in [0.15, 0.2) is 5.82 Å². The van der Waals surface area contributed by atoms with Gasteiger partial charge in [0.05, 0.1) is 29.5 Å². The van der Waals surface area contributed by atoms with Gasteiger partial charge in [-0.25, -0.2) is 9.97 Å². The summed E-state index contributed by atoms with van der Waals surface area (Å²) in [4.78, 5) is 17.6. The van der Waals surface area contributed by atoms with E-state index in [1.807, 2.05) is 24.3 Å². The number of hydrogen-bond donors (Lipinski definition) is 2. The first kappa shape index (κ1) is 16.4. The zero-order valence-corrected chi connectivity index (χ0v) is 15.2. The van der Waals surface area contributed by atoms with Gasteiger partial charge in [-0.1, -0.05) is 28.1 Å². The molecule has 0 saturated carbocycles. The number of fused-ring (bicyclic) bond motifs is 1. The third kappa shape index (κ3) is 3.34. The number of anilines is 1. The standard InChI is InChI=1S/C19H14BrN5O/c20-12-5-6-17(26)15(9-12)19-24-16-4-2-1-3-14(16)18(25-19)23-11-13-10-21-7-8-22-13/h1-10,26H,11H2,(H,23,24,25). The molecule has 4 aromatic rings. The highest BCUT2D eigenvalue weighted by Crippen LogP contribution is 2.32. The Morgan fingerprint density at radius 2 is 1.92 bits per heavy atom. The lowest BCUT2D eigenvalue weighted by molar-refractivity contribution is 0.477. The Bertz CT molecular complexity index is 1070. The minimum atomic E-state index is 0.128. The Morgan fingerprint density at radius 1 is 1.04 bits per heavy atom. The van der Waals surface area contributed by atoms with Crippen molar-refractivity contribution in [2.45, 2.75) is 6.54 Å². The van der Waals surface area contributed by atoms with Crippen molar-refractivity contribution >= 4 is 32.7 Å². The monoisotopic (exact) mass is 407 g/mol. The number of nitrogens with zero attached hydrogens (tertiary/aromatic N) is 4. The van der Waals surface area contributed by atoms with Crippen molar-refractivity contribution < 1.29 is 5.11 Å². The van der Waals surface area contributed by atoms with E-state index in [1.54, 1.807) is 36.8 Å². The molecule has 128 valence electrons. The van der Waals surface area contributed by atoms with Crippen LogP contribution in [-0.4, -0.2) is 25.0 Å². The van der Waals surface area contributed by atoms with E-state index in [2.05, 4.69) is 41.2 Å². The van der Waals surface area contributed by atoms with Crippen LogP contribution >= 0.6 is 15.9 Å². The van der Waals surface area contributed by atoms with Crippen LogP contribution in [0.5, 0.6) is 5.75 Å². The molecular formula is C19H14BrN5O. The van der Waals surface area contributed by atoms with Crippen LogP contribution in [0.15, 0.2) is 65.5 Å². The van der Waals surface area contributed by atoms with Crippen LogP contribution in [-0.2, 0) is 6.54 Å². The van der Waals surface area contributed by atoms with Gasteiger partial charge >= 0.3 is 0 Å². The van der Waals surface area contributed by atoms with Crippen molar-refractivity contribution in [3.63, 3.8) is 0 Å². The first-order valence-corrected chi connectivity index (χ1v) is 8.74. The Hall–Kier alpha value is -3.06. The number of para-hydroxylation sites is 1. The number of phenolic OH excluding ortho intramolecular Hbond substituents is 1. The number of halogens is 1. The van der Waals surface area contributed by atoms with Gasteiger partial charge in [-0.3, -0.25) is 9.97 Å². The van der Waals surface area contributed by atoms with Gasteiger partial charge in [0, 0.05) is 22.3 Å². The largest absolute Gasteiger partial charge is 0.507 e. The van der Waals surface area contributed by atoms with E-state index in [1.165, 1.54) is 0 Å². The van der Waals surface area contributed by atoms with Crippen molar-refractivity contribution in [3.8, 4) is 17.1 Å².